The Hall–Kier alpha value is -2.05. The van der Waals surface area contributed by atoms with Gasteiger partial charge in [0, 0.05) is 36.8 Å². The molecule has 0 saturated heterocycles. The van der Waals surface area contributed by atoms with Gasteiger partial charge in [-0.1, -0.05) is 12.0 Å². The molecule has 1 atom stereocenters. The summed E-state index contributed by atoms with van der Waals surface area (Å²) < 4.78 is 1.65. The molecule has 18 heavy (non-hydrogen) atoms. The van der Waals surface area contributed by atoms with Gasteiger partial charge < -0.3 is 11.1 Å². The molecule has 98 valence electrons. The molecule has 1 amide bonds. The monoisotopic (exact) mass is 251 g/mol. The number of primary amides is 1. The Bertz CT molecular complexity index is 461. The van der Waals surface area contributed by atoms with Crippen molar-refractivity contribution in [2.75, 3.05) is 13.1 Å². The molecule has 0 bridgehead atoms. The lowest BCUT2D eigenvalue weighted by Gasteiger charge is -2.14. The van der Waals surface area contributed by atoms with Crippen LogP contribution < -0.4 is 11.1 Å². The number of carbonyl (C=O) groups excluding carboxylic acids is 1. The molecule has 3 N–H and O–H groups in total. The number of nitrogens with one attached hydrogen (secondary N) is 1. The second kappa shape index (κ2) is 6.63. The van der Waals surface area contributed by atoms with Gasteiger partial charge in [-0.3, -0.25) is 9.48 Å². The van der Waals surface area contributed by atoms with Crippen LogP contribution in [0.5, 0.6) is 0 Å². The van der Waals surface area contributed by atoms with Crippen LogP contribution in [0, 0.1) is 0 Å². The van der Waals surface area contributed by atoms with Crippen molar-refractivity contribution >= 4 is 5.91 Å². The van der Waals surface area contributed by atoms with Gasteiger partial charge in [-0.15, -0.1) is 0 Å². The number of aryl methyl sites for hydroxylation is 2. The fraction of sp³-hybridized carbons (Fsp3) is 0.600. The van der Waals surface area contributed by atoms with Gasteiger partial charge in [0.2, 0.25) is 5.91 Å². The van der Waals surface area contributed by atoms with Crippen LogP contribution in [0.1, 0.15) is 24.2 Å². The van der Waals surface area contributed by atoms with Crippen molar-refractivity contribution in [3.63, 3.8) is 0 Å². The molecule has 0 radical (unpaired) electrons. The minimum absolute atomic E-state index is 0.266. The number of hydrogen-bond acceptors (Lipinski definition) is 4. The van der Waals surface area contributed by atoms with Gasteiger partial charge in [-0.2, -0.15) is 5.10 Å². The minimum Gasteiger partial charge on any atom is -0.368 e. The molecule has 1 aromatic heterocycles. The number of carbonyl (C=O) groups is 1. The number of nitrogens with zero attached hydrogens (tertiary/aromatic N) is 5. The Labute approximate surface area is 105 Å². The van der Waals surface area contributed by atoms with Crippen molar-refractivity contribution in [2.45, 2.75) is 19.4 Å². The van der Waals surface area contributed by atoms with Gasteiger partial charge in [-0.25, -0.2) is 0 Å². The predicted molar refractivity (Wildman–Crippen MR) is 66.5 cm³/mol. The largest absolute Gasteiger partial charge is 0.368 e. The van der Waals surface area contributed by atoms with Crippen LogP contribution in [-0.4, -0.2) is 28.8 Å². The summed E-state index contributed by atoms with van der Waals surface area (Å²) in [7, 11) is 1.79. The molecule has 0 spiro atoms. The number of hydrogen-bond donors (Lipinski definition) is 2. The zero-order valence-corrected chi connectivity index (χ0v) is 10.5. The molecule has 1 heterocycles. The minimum atomic E-state index is -0.609. The highest BCUT2D eigenvalue weighted by Gasteiger charge is 2.21. The second-order valence-electron chi connectivity index (χ2n) is 3.80. The van der Waals surface area contributed by atoms with Crippen molar-refractivity contribution in [3.05, 3.63) is 27.9 Å². The zero-order chi connectivity index (χ0) is 13.5. The third kappa shape index (κ3) is 3.47. The van der Waals surface area contributed by atoms with E-state index in [2.05, 4.69) is 20.4 Å². The SMILES string of the molecule is CCc1nn(C)cc1C(NCCN=[N+]=[N-])C(N)=O. The Balaban J connectivity index is 2.83. The van der Waals surface area contributed by atoms with E-state index in [-0.39, 0.29) is 6.54 Å². The van der Waals surface area contributed by atoms with E-state index < -0.39 is 11.9 Å². The summed E-state index contributed by atoms with van der Waals surface area (Å²) in [6.07, 6.45) is 2.49. The summed E-state index contributed by atoms with van der Waals surface area (Å²) in [5, 5.41) is 10.6. The summed E-state index contributed by atoms with van der Waals surface area (Å²) >= 11 is 0. The number of azide groups is 1. The van der Waals surface area contributed by atoms with Crippen molar-refractivity contribution in [2.24, 2.45) is 17.9 Å². The Morgan fingerprint density at radius 3 is 3.06 bits per heavy atom. The van der Waals surface area contributed by atoms with Crippen LogP contribution in [0.2, 0.25) is 0 Å². The van der Waals surface area contributed by atoms with E-state index in [0.29, 0.717) is 6.54 Å². The summed E-state index contributed by atoms with van der Waals surface area (Å²) in [5.41, 5.74) is 15.1. The van der Waals surface area contributed by atoms with Gasteiger partial charge in [0.1, 0.15) is 6.04 Å². The first-order valence-corrected chi connectivity index (χ1v) is 5.66. The third-order valence-corrected chi connectivity index (χ3v) is 2.49. The fourth-order valence-electron chi connectivity index (χ4n) is 1.74. The first-order valence-electron chi connectivity index (χ1n) is 5.66. The maximum Gasteiger partial charge on any atom is 0.239 e. The maximum absolute atomic E-state index is 11.5. The molecule has 8 heteroatoms. The van der Waals surface area contributed by atoms with Crippen molar-refractivity contribution < 1.29 is 4.79 Å². The number of rotatable bonds is 7. The van der Waals surface area contributed by atoms with Gasteiger partial charge in [0.05, 0.1) is 5.69 Å². The molecule has 0 fully saturated rings. The van der Waals surface area contributed by atoms with E-state index in [9.17, 15) is 4.79 Å². The van der Waals surface area contributed by atoms with Crippen LogP contribution in [0.3, 0.4) is 0 Å². The second-order valence-corrected chi connectivity index (χ2v) is 3.80. The molecule has 0 aromatic carbocycles. The highest BCUT2D eigenvalue weighted by molar-refractivity contribution is 5.81. The Morgan fingerprint density at radius 2 is 2.50 bits per heavy atom. The van der Waals surface area contributed by atoms with Crippen LogP contribution >= 0.6 is 0 Å². The summed E-state index contributed by atoms with van der Waals surface area (Å²) in [5.74, 6) is -0.473. The normalized spacial score (nSPS) is 11.9. The highest BCUT2D eigenvalue weighted by atomic mass is 16.1. The fourth-order valence-corrected chi connectivity index (χ4v) is 1.74. The maximum atomic E-state index is 11.5. The molecule has 0 aliphatic heterocycles. The van der Waals surface area contributed by atoms with Crippen molar-refractivity contribution in [3.8, 4) is 0 Å². The van der Waals surface area contributed by atoms with Gasteiger partial charge >= 0.3 is 0 Å². The predicted octanol–water partition coefficient (Wildman–Crippen LogP) is 0.409. The van der Waals surface area contributed by atoms with E-state index in [4.69, 9.17) is 11.3 Å². The average Bonchev–Trinajstić information content (AvgIpc) is 2.69. The quantitative estimate of drug-likeness (QED) is 0.316. The number of amides is 1. The summed E-state index contributed by atoms with van der Waals surface area (Å²) in [6, 6.07) is -0.609. The molecule has 1 rings (SSSR count). The van der Waals surface area contributed by atoms with Crippen molar-refractivity contribution in [1.82, 2.24) is 15.1 Å². The lowest BCUT2D eigenvalue weighted by Crippen LogP contribution is -2.35. The van der Waals surface area contributed by atoms with Gasteiger partial charge in [0.25, 0.3) is 0 Å². The zero-order valence-electron chi connectivity index (χ0n) is 10.5. The lowest BCUT2D eigenvalue weighted by molar-refractivity contribution is -0.120. The molecule has 1 unspecified atom stereocenters. The van der Waals surface area contributed by atoms with E-state index in [1.165, 1.54) is 0 Å². The van der Waals surface area contributed by atoms with Crippen molar-refractivity contribution in [1.29, 1.82) is 0 Å². The van der Waals surface area contributed by atoms with Gasteiger partial charge in [0.15, 0.2) is 0 Å². The van der Waals surface area contributed by atoms with E-state index in [0.717, 1.165) is 17.7 Å². The molecule has 1 aromatic rings. The Morgan fingerprint density at radius 1 is 1.78 bits per heavy atom. The van der Waals surface area contributed by atoms with E-state index in [1.807, 2.05) is 6.92 Å². The molecule has 0 aliphatic carbocycles. The molecule has 0 saturated carbocycles. The number of aromatic nitrogens is 2. The first kappa shape index (κ1) is 14.0. The topological polar surface area (TPSA) is 122 Å². The first-order chi connectivity index (χ1) is 8.60. The number of nitrogens with two attached hydrogens (primary N) is 1. The molecular weight excluding hydrogens is 234 g/mol. The molecular formula is C10H17N7O. The molecule has 0 aliphatic rings. The highest BCUT2D eigenvalue weighted by Crippen LogP contribution is 2.17. The van der Waals surface area contributed by atoms with E-state index in [1.54, 1.807) is 17.9 Å². The van der Waals surface area contributed by atoms with Crippen LogP contribution in [-0.2, 0) is 18.3 Å². The van der Waals surface area contributed by atoms with E-state index >= 15 is 0 Å². The van der Waals surface area contributed by atoms with Crippen LogP contribution in [0.15, 0.2) is 11.3 Å². The third-order valence-electron chi connectivity index (χ3n) is 2.49. The average molecular weight is 251 g/mol. The smallest absolute Gasteiger partial charge is 0.239 e. The standard InChI is InChI=1S/C10H17N7O/c1-3-8-7(6-17(2)15-8)9(10(11)18)13-4-5-14-16-12/h6,9,13H,3-5H2,1-2H3,(H2,11,18). The molecule has 8 nitrogen and oxygen atoms in total. The van der Waals surface area contributed by atoms with Crippen LogP contribution in [0.25, 0.3) is 10.4 Å². The summed E-state index contributed by atoms with van der Waals surface area (Å²) in [4.78, 5) is 14.1. The Kier molecular flexibility index (Phi) is 5.16. The van der Waals surface area contributed by atoms with Gasteiger partial charge in [-0.05, 0) is 12.0 Å². The summed E-state index contributed by atoms with van der Waals surface area (Å²) in [6.45, 7) is 2.61. The van der Waals surface area contributed by atoms with Crippen LogP contribution in [0.4, 0.5) is 0 Å². The lowest BCUT2D eigenvalue weighted by atomic mass is 10.1.